The van der Waals surface area contributed by atoms with Crippen LogP contribution in [0.3, 0.4) is 0 Å². The zero-order valence-corrected chi connectivity index (χ0v) is 20.0. The van der Waals surface area contributed by atoms with Gasteiger partial charge < -0.3 is 20.3 Å². The molecule has 1 aliphatic carbocycles. The van der Waals surface area contributed by atoms with E-state index in [9.17, 15) is 14.4 Å². The molecule has 1 aromatic carbocycles. The first-order chi connectivity index (χ1) is 16.5. The van der Waals surface area contributed by atoms with Crippen LogP contribution in [-0.2, 0) is 14.3 Å². The Kier molecular flexibility index (Phi) is 7.99. The Balaban J connectivity index is 1.23. The van der Waals surface area contributed by atoms with Crippen molar-refractivity contribution >= 4 is 41.1 Å². The SMILES string of the molecule is CCOC(=O)c1ccc(NC(=O)CSc2ccc(N3CCCC(C(=O)NC4CC4)C3)nn2)cc1. The Morgan fingerprint density at radius 3 is 2.56 bits per heavy atom. The van der Waals surface area contributed by atoms with Crippen molar-refractivity contribution in [3.05, 3.63) is 42.0 Å². The van der Waals surface area contributed by atoms with Crippen LogP contribution in [0.25, 0.3) is 0 Å². The number of hydrogen-bond donors (Lipinski definition) is 2. The van der Waals surface area contributed by atoms with Crippen LogP contribution >= 0.6 is 11.8 Å². The van der Waals surface area contributed by atoms with Crippen LogP contribution in [0.1, 0.15) is 43.0 Å². The first-order valence-electron chi connectivity index (χ1n) is 11.6. The van der Waals surface area contributed by atoms with Gasteiger partial charge in [-0.25, -0.2) is 4.79 Å². The zero-order valence-electron chi connectivity index (χ0n) is 19.2. The van der Waals surface area contributed by atoms with Gasteiger partial charge in [0.05, 0.1) is 23.8 Å². The maximum Gasteiger partial charge on any atom is 0.338 e. The molecule has 2 aliphatic rings. The Morgan fingerprint density at radius 2 is 1.88 bits per heavy atom. The molecular weight excluding hydrogens is 454 g/mol. The second kappa shape index (κ2) is 11.3. The molecule has 34 heavy (non-hydrogen) atoms. The van der Waals surface area contributed by atoms with E-state index >= 15 is 0 Å². The topological polar surface area (TPSA) is 114 Å². The van der Waals surface area contributed by atoms with Crippen molar-refractivity contribution in [1.82, 2.24) is 15.5 Å². The van der Waals surface area contributed by atoms with Gasteiger partial charge >= 0.3 is 5.97 Å². The number of thioether (sulfide) groups is 1. The van der Waals surface area contributed by atoms with Crippen LogP contribution in [0.5, 0.6) is 0 Å². The maximum atomic E-state index is 12.4. The predicted octanol–water partition coefficient (Wildman–Crippen LogP) is 2.88. The summed E-state index contributed by atoms with van der Waals surface area (Å²) in [5.74, 6) is 0.495. The van der Waals surface area contributed by atoms with Gasteiger partial charge in [-0.05, 0) is 69.0 Å². The lowest BCUT2D eigenvalue weighted by molar-refractivity contribution is -0.125. The van der Waals surface area contributed by atoms with Crippen LogP contribution in [0.4, 0.5) is 11.5 Å². The third-order valence-corrected chi connectivity index (χ3v) is 6.62. The number of amides is 2. The summed E-state index contributed by atoms with van der Waals surface area (Å²) in [6, 6.07) is 10.7. The van der Waals surface area contributed by atoms with Crippen molar-refractivity contribution in [2.75, 3.05) is 35.7 Å². The van der Waals surface area contributed by atoms with Gasteiger partial charge in [0.25, 0.3) is 0 Å². The predicted molar refractivity (Wildman–Crippen MR) is 130 cm³/mol. The first kappa shape index (κ1) is 24.0. The van der Waals surface area contributed by atoms with E-state index in [2.05, 4.69) is 25.7 Å². The van der Waals surface area contributed by atoms with Gasteiger partial charge in [0.15, 0.2) is 5.82 Å². The normalized spacial score (nSPS) is 17.7. The number of carbonyl (C=O) groups is 3. The van der Waals surface area contributed by atoms with E-state index in [1.54, 1.807) is 31.2 Å². The average Bonchev–Trinajstić information content (AvgIpc) is 3.68. The molecule has 1 aliphatic heterocycles. The van der Waals surface area contributed by atoms with Gasteiger partial charge in [0.2, 0.25) is 11.8 Å². The van der Waals surface area contributed by atoms with Crippen molar-refractivity contribution in [2.45, 2.75) is 43.7 Å². The summed E-state index contributed by atoms with van der Waals surface area (Å²) in [6.07, 6.45) is 4.03. The number of anilines is 2. The van der Waals surface area contributed by atoms with Crippen molar-refractivity contribution in [1.29, 1.82) is 0 Å². The highest BCUT2D eigenvalue weighted by Gasteiger charge is 2.31. The molecule has 9 nitrogen and oxygen atoms in total. The molecule has 2 N–H and O–H groups in total. The molecule has 0 radical (unpaired) electrons. The van der Waals surface area contributed by atoms with Gasteiger partial charge in [-0.15, -0.1) is 10.2 Å². The van der Waals surface area contributed by atoms with E-state index in [0.29, 0.717) is 35.5 Å². The fraction of sp³-hybridized carbons (Fsp3) is 0.458. The monoisotopic (exact) mass is 483 g/mol. The number of nitrogens with zero attached hydrogens (tertiary/aromatic N) is 3. The van der Waals surface area contributed by atoms with Crippen molar-refractivity contribution in [2.24, 2.45) is 5.92 Å². The summed E-state index contributed by atoms with van der Waals surface area (Å²) in [7, 11) is 0. The lowest BCUT2D eigenvalue weighted by atomic mass is 9.97. The number of benzene rings is 1. The molecule has 0 bridgehead atoms. The number of carbonyl (C=O) groups excluding carboxylic acids is 3. The highest BCUT2D eigenvalue weighted by molar-refractivity contribution is 7.99. The smallest absolute Gasteiger partial charge is 0.338 e. The van der Waals surface area contributed by atoms with Crippen LogP contribution in [0.2, 0.25) is 0 Å². The molecule has 2 heterocycles. The number of hydrogen-bond acceptors (Lipinski definition) is 8. The highest BCUT2D eigenvalue weighted by Crippen LogP contribution is 2.25. The van der Waals surface area contributed by atoms with Crippen LogP contribution in [0.15, 0.2) is 41.4 Å². The minimum Gasteiger partial charge on any atom is -0.462 e. The molecule has 2 aromatic rings. The maximum absolute atomic E-state index is 12.4. The summed E-state index contributed by atoms with van der Waals surface area (Å²) in [5, 5.41) is 15.1. The summed E-state index contributed by atoms with van der Waals surface area (Å²) >= 11 is 1.29. The zero-order chi connectivity index (χ0) is 23.9. The summed E-state index contributed by atoms with van der Waals surface area (Å²) in [6.45, 7) is 3.57. The van der Waals surface area contributed by atoms with Gasteiger partial charge in [-0.2, -0.15) is 0 Å². The fourth-order valence-electron chi connectivity index (χ4n) is 3.75. The van der Waals surface area contributed by atoms with E-state index < -0.39 is 0 Å². The van der Waals surface area contributed by atoms with Gasteiger partial charge in [0.1, 0.15) is 5.03 Å². The average molecular weight is 484 g/mol. The van der Waals surface area contributed by atoms with Gasteiger partial charge in [-0.3, -0.25) is 9.59 Å². The van der Waals surface area contributed by atoms with Crippen LogP contribution in [0, 0.1) is 5.92 Å². The molecular formula is C24H29N5O4S. The summed E-state index contributed by atoms with van der Waals surface area (Å²) < 4.78 is 4.95. The number of aromatic nitrogens is 2. The minimum absolute atomic E-state index is 0.0137. The molecule has 180 valence electrons. The highest BCUT2D eigenvalue weighted by atomic mass is 32.2. The first-order valence-corrected chi connectivity index (χ1v) is 12.6. The quantitative estimate of drug-likeness (QED) is 0.414. The largest absolute Gasteiger partial charge is 0.462 e. The second-order valence-electron chi connectivity index (χ2n) is 8.43. The summed E-state index contributed by atoms with van der Waals surface area (Å²) in [4.78, 5) is 38.5. The second-order valence-corrected chi connectivity index (χ2v) is 9.43. The van der Waals surface area contributed by atoms with Crippen molar-refractivity contribution in [3.63, 3.8) is 0 Å². The number of rotatable bonds is 9. The Hall–Kier alpha value is -3.14. The molecule has 1 atom stereocenters. The van der Waals surface area contributed by atoms with E-state index in [0.717, 1.165) is 38.0 Å². The van der Waals surface area contributed by atoms with Crippen molar-refractivity contribution in [3.8, 4) is 0 Å². The number of esters is 1. The summed E-state index contributed by atoms with van der Waals surface area (Å²) in [5.41, 5.74) is 1.04. The molecule has 4 rings (SSSR count). The molecule has 1 aromatic heterocycles. The van der Waals surface area contributed by atoms with Crippen LogP contribution in [-0.4, -0.2) is 59.5 Å². The number of piperidine rings is 1. The fourth-order valence-corrected chi connectivity index (χ4v) is 4.36. The van der Waals surface area contributed by atoms with Gasteiger partial charge in [-0.1, -0.05) is 11.8 Å². The Morgan fingerprint density at radius 1 is 1.09 bits per heavy atom. The molecule has 1 saturated heterocycles. The number of nitrogens with one attached hydrogen (secondary N) is 2. The minimum atomic E-state index is -0.389. The molecule has 2 fully saturated rings. The Bertz CT molecular complexity index is 1010. The van der Waals surface area contributed by atoms with E-state index in [-0.39, 0.29) is 29.5 Å². The van der Waals surface area contributed by atoms with E-state index in [4.69, 9.17) is 4.74 Å². The third kappa shape index (κ3) is 6.69. The Labute approximate surface area is 203 Å². The molecule has 1 unspecified atom stereocenters. The van der Waals surface area contributed by atoms with Gasteiger partial charge in [0, 0.05) is 24.8 Å². The van der Waals surface area contributed by atoms with E-state index in [1.165, 1.54) is 11.8 Å². The molecule has 10 heteroatoms. The molecule has 0 spiro atoms. The lowest BCUT2D eigenvalue weighted by Crippen LogP contribution is -2.44. The molecule has 1 saturated carbocycles. The number of ether oxygens (including phenoxy) is 1. The third-order valence-electron chi connectivity index (χ3n) is 5.70. The standard InChI is InChI=1S/C24H29N5O4S/c1-2-33-24(32)16-5-7-18(8-6-16)25-21(30)15-34-22-12-11-20(27-28-22)29-13-3-4-17(14-29)23(31)26-19-9-10-19/h5-8,11-12,17,19H,2-4,9-10,13-15H2,1H3,(H,25,30)(H,26,31). The lowest BCUT2D eigenvalue weighted by Gasteiger charge is -2.32. The van der Waals surface area contributed by atoms with Crippen molar-refractivity contribution < 1.29 is 19.1 Å². The van der Waals surface area contributed by atoms with E-state index in [1.807, 2.05) is 12.1 Å². The van der Waals surface area contributed by atoms with Crippen LogP contribution < -0.4 is 15.5 Å². The molecule has 2 amide bonds.